The highest BCUT2D eigenvalue weighted by Crippen LogP contribution is 2.29. The number of benzene rings is 1. The quantitative estimate of drug-likeness (QED) is 0.883. The summed E-state index contributed by atoms with van der Waals surface area (Å²) in [5.41, 5.74) is 6.23. The number of ether oxygens (including phenoxy) is 2. The summed E-state index contributed by atoms with van der Waals surface area (Å²) < 4.78 is 15.7. The number of nitrogens with two attached hydrogens (primary N) is 1. The second kappa shape index (κ2) is 6.32. The molecule has 6 nitrogen and oxygen atoms in total. The number of methoxy groups -OCH3 is 2. The summed E-state index contributed by atoms with van der Waals surface area (Å²) in [6.45, 7) is 1.78. The fourth-order valence-electron chi connectivity index (χ4n) is 1.81. The van der Waals surface area contributed by atoms with Gasteiger partial charge in [-0.2, -0.15) is 0 Å². The van der Waals surface area contributed by atoms with Crippen LogP contribution in [0.15, 0.2) is 34.7 Å². The lowest BCUT2D eigenvalue weighted by atomic mass is 10.2. The Hall–Kier alpha value is -2.47. The third kappa shape index (κ3) is 3.35. The Balaban J connectivity index is 2.18. The highest BCUT2D eigenvalue weighted by Gasteiger charge is 2.15. The van der Waals surface area contributed by atoms with Crippen molar-refractivity contribution >= 4 is 11.6 Å². The molecule has 1 amide bonds. The van der Waals surface area contributed by atoms with Crippen LogP contribution in [0, 0.1) is 0 Å². The first kappa shape index (κ1) is 14.9. The molecule has 0 saturated heterocycles. The fourth-order valence-corrected chi connectivity index (χ4v) is 1.81. The van der Waals surface area contributed by atoms with Gasteiger partial charge >= 0.3 is 0 Å². The number of amides is 1. The second-order valence-corrected chi connectivity index (χ2v) is 4.51. The van der Waals surface area contributed by atoms with Crippen molar-refractivity contribution < 1.29 is 18.7 Å². The summed E-state index contributed by atoms with van der Waals surface area (Å²) in [5, 5.41) is 2.73. The van der Waals surface area contributed by atoms with Gasteiger partial charge < -0.3 is 24.9 Å². The Kier molecular flexibility index (Phi) is 4.49. The van der Waals surface area contributed by atoms with Crippen molar-refractivity contribution in [3.63, 3.8) is 0 Å². The highest BCUT2D eigenvalue weighted by atomic mass is 16.5. The van der Waals surface area contributed by atoms with Crippen LogP contribution in [0.25, 0.3) is 0 Å². The molecular formula is C15H18N2O4. The van der Waals surface area contributed by atoms with Crippen molar-refractivity contribution in [2.24, 2.45) is 5.73 Å². The van der Waals surface area contributed by atoms with E-state index in [1.165, 1.54) is 7.11 Å². The average Bonchev–Trinajstić information content (AvgIpc) is 2.97. The molecule has 3 N–H and O–H groups in total. The van der Waals surface area contributed by atoms with E-state index in [9.17, 15) is 4.79 Å². The first-order valence-corrected chi connectivity index (χ1v) is 6.44. The van der Waals surface area contributed by atoms with Gasteiger partial charge in [0.2, 0.25) is 0 Å². The summed E-state index contributed by atoms with van der Waals surface area (Å²) >= 11 is 0. The van der Waals surface area contributed by atoms with Crippen LogP contribution in [-0.2, 0) is 0 Å². The van der Waals surface area contributed by atoms with Crippen LogP contribution >= 0.6 is 0 Å². The minimum absolute atomic E-state index is 0.195. The molecule has 0 fully saturated rings. The molecule has 21 heavy (non-hydrogen) atoms. The second-order valence-electron chi connectivity index (χ2n) is 4.51. The van der Waals surface area contributed by atoms with Crippen LogP contribution in [0.4, 0.5) is 5.69 Å². The summed E-state index contributed by atoms with van der Waals surface area (Å²) in [6.07, 6.45) is 0. The van der Waals surface area contributed by atoms with Crippen molar-refractivity contribution in [3.8, 4) is 11.5 Å². The molecule has 0 bridgehead atoms. The summed E-state index contributed by atoms with van der Waals surface area (Å²) in [7, 11) is 3.08. The van der Waals surface area contributed by atoms with Crippen molar-refractivity contribution in [2.75, 3.05) is 19.5 Å². The van der Waals surface area contributed by atoms with E-state index in [0.717, 1.165) is 0 Å². The minimum Gasteiger partial charge on any atom is -0.497 e. The van der Waals surface area contributed by atoms with Crippen molar-refractivity contribution in [1.82, 2.24) is 0 Å². The maximum absolute atomic E-state index is 12.1. The van der Waals surface area contributed by atoms with E-state index in [4.69, 9.17) is 19.6 Å². The zero-order valence-electron chi connectivity index (χ0n) is 12.2. The van der Waals surface area contributed by atoms with Gasteiger partial charge in [-0.3, -0.25) is 4.79 Å². The van der Waals surface area contributed by atoms with Crippen LogP contribution in [-0.4, -0.2) is 20.1 Å². The Bertz CT molecular complexity index is 634. The monoisotopic (exact) mass is 290 g/mol. The molecule has 0 aliphatic rings. The van der Waals surface area contributed by atoms with E-state index in [2.05, 4.69) is 5.32 Å². The van der Waals surface area contributed by atoms with Crippen LogP contribution in [0.3, 0.4) is 0 Å². The molecule has 2 rings (SSSR count). The smallest absolute Gasteiger partial charge is 0.291 e. The van der Waals surface area contributed by atoms with Crippen molar-refractivity contribution in [3.05, 3.63) is 41.9 Å². The number of carbonyl (C=O) groups is 1. The lowest BCUT2D eigenvalue weighted by molar-refractivity contribution is 0.0994. The number of carbonyl (C=O) groups excluding carboxylic acids is 1. The fraction of sp³-hybridized carbons (Fsp3) is 0.267. The van der Waals surface area contributed by atoms with Crippen molar-refractivity contribution in [2.45, 2.75) is 13.0 Å². The molecular weight excluding hydrogens is 272 g/mol. The van der Waals surface area contributed by atoms with Gasteiger partial charge in [-0.15, -0.1) is 0 Å². The molecule has 0 aliphatic heterocycles. The molecule has 2 aromatic rings. The molecule has 0 spiro atoms. The molecule has 1 atom stereocenters. The van der Waals surface area contributed by atoms with Crippen LogP contribution in [0.5, 0.6) is 11.5 Å². The van der Waals surface area contributed by atoms with Crippen LogP contribution in [0.2, 0.25) is 0 Å². The topological polar surface area (TPSA) is 86.7 Å². The zero-order chi connectivity index (χ0) is 15.4. The van der Waals surface area contributed by atoms with E-state index in [1.807, 2.05) is 0 Å². The Labute approximate surface area is 122 Å². The largest absolute Gasteiger partial charge is 0.497 e. The predicted molar refractivity (Wildman–Crippen MR) is 78.8 cm³/mol. The number of anilines is 1. The molecule has 1 heterocycles. The SMILES string of the molecule is COc1ccc(NC(=O)c2ccc(C(C)N)o2)c(OC)c1. The summed E-state index contributed by atoms with van der Waals surface area (Å²) in [5.74, 6) is 1.52. The summed E-state index contributed by atoms with van der Waals surface area (Å²) in [6, 6.07) is 8.13. The number of hydrogen-bond acceptors (Lipinski definition) is 5. The van der Waals surface area contributed by atoms with E-state index < -0.39 is 0 Å². The Morgan fingerprint density at radius 1 is 1.24 bits per heavy atom. The first-order chi connectivity index (χ1) is 10.0. The standard InChI is InChI=1S/C15H18N2O4/c1-9(16)12-6-7-13(21-12)15(18)17-11-5-4-10(19-2)8-14(11)20-3/h4-9H,16H2,1-3H3,(H,17,18). The highest BCUT2D eigenvalue weighted by molar-refractivity contribution is 6.03. The van der Waals surface area contributed by atoms with E-state index >= 15 is 0 Å². The predicted octanol–water partition coefficient (Wildman–Crippen LogP) is 2.57. The number of hydrogen-bond donors (Lipinski definition) is 2. The van der Waals surface area contributed by atoms with Gasteiger partial charge in [-0.25, -0.2) is 0 Å². The van der Waals surface area contributed by atoms with Gasteiger partial charge in [0.25, 0.3) is 5.91 Å². The van der Waals surface area contributed by atoms with Gasteiger partial charge in [0.1, 0.15) is 17.3 Å². The van der Waals surface area contributed by atoms with E-state index in [1.54, 1.807) is 44.4 Å². The molecule has 1 aromatic carbocycles. The molecule has 1 aromatic heterocycles. The maximum atomic E-state index is 12.1. The van der Waals surface area contributed by atoms with Gasteiger partial charge in [0.15, 0.2) is 5.76 Å². The van der Waals surface area contributed by atoms with Gasteiger partial charge in [0, 0.05) is 6.07 Å². The Morgan fingerprint density at radius 2 is 2.00 bits per heavy atom. The third-order valence-electron chi connectivity index (χ3n) is 2.96. The normalized spacial score (nSPS) is 11.8. The maximum Gasteiger partial charge on any atom is 0.291 e. The number of rotatable bonds is 5. The average molecular weight is 290 g/mol. The summed E-state index contributed by atoms with van der Waals surface area (Å²) in [4.78, 5) is 12.1. The minimum atomic E-state index is -0.370. The molecule has 6 heteroatoms. The lowest BCUT2D eigenvalue weighted by Crippen LogP contribution is -2.12. The van der Waals surface area contributed by atoms with E-state index in [-0.39, 0.29) is 17.7 Å². The van der Waals surface area contributed by atoms with E-state index in [0.29, 0.717) is 22.9 Å². The third-order valence-corrected chi connectivity index (χ3v) is 2.96. The Morgan fingerprint density at radius 3 is 2.57 bits per heavy atom. The van der Waals surface area contributed by atoms with Crippen molar-refractivity contribution in [1.29, 1.82) is 0 Å². The zero-order valence-corrected chi connectivity index (χ0v) is 12.2. The molecule has 0 saturated carbocycles. The van der Waals surface area contributed by atoms with Crippen LogP contribution < -0.4 is 20.5 Å². The first-order valence-electron chi connectivity index (χ1n) is 6.44. The van der Waals surface area contributed by atoms with Gasteiger partial charge in [-0.1, -0.05) is 0 Å². The number of nitrogens with one attached hydrogen (secondary N) is 1. The molecule has 1 unspecified atom stereocenters. The number of furan rings is 1. The van der Waals surface area contributed by atoms with Gasteiger partial charge in [-0.05, 0) is 31.2 Å². The molecule has 0 aliphatic carbocycles. The molecule has 112 valence electrons. The lowest BCUT2D eigenvalue weighted by Gasteiger charge is -2.10. The molecule has 0 radical (unpaired) electrons. The van der Waals surface area contributed by atoms with Gasteiger partial charge in [0.05, 0.1) is 25.9 Å². The van der Waals surface area contributed by atoms with Crippen LogP contribution in [0.1, 0.15) is 29.3 Å².